The van der Waals surface area contributed by atoms with Crippen LogP contribution in [-0.2, 0) is 4.79 Å². The van der Waals surface area contributed by atoms with Crippen molar-refractivity contribution < 1.29 is 4.79 Å². The Balaban J connectivity index is 3.85. The van der Waals surface area contributed by atoms with Crippen LogP contribution >= 0.6 is 0 Å². The Morgan fingerprint density at radius 3 is 2.46 bits per heavy atom. The fraction of sp³-hybridized carbons (Fsp3) is 0.727. The number of amides is 1. The van der Waals surface area contributed by atoms with E-state index in [-0.39, 0.29) is 11.9 Å². The normalized spacial score (nSPS) is 10.2. The van der Waals surface area contributed by atoms with Crippen molar-refractivity contribution in [2.45, 2.75) is 52.5 Å². The van der Waals surface area contributed by atoms with Gasteiger partial charge in [0.25, 0.3) is 0 Å². The first-order chi connectivity index (χ1) is 6.13. The lowest BCUT2D eigenvalue weighted by atomic mass is 10.2. The van der Waals surface area contributed by atoms with Crippen LogP contribution in [-0.4, -0.2) is 16.8 Å². The molecular formula is C11H21NO. The van der Waals surface area contributed by atoms with E-state index in [9.17, 15) is 4.79 Å². The van der Waals surface area contributed by atoms with Crippen molar-refractivity contribution in [1.82, 2.24) is 4.90 Å². The zero-order chi connectivity index (χ0) is 10.3. The van der Waals surface area contributed by atoms with Crippen LogP contribution < -0.4 is 0 Å². The van der Waals surface area contributed by atoms with Gasteiger partial charge in [0.15, 0.2) is 0 Å². The maximum atomic E-state index is 11.5. The van der Waals surface area contributed by atoms with Crippen LogP contribution in [0.15, 0.2) is 12.8 Å². The molecule has 0 spiro atoms. The second-order valence-electron chi connectivity index (χ2n) is 3.53. The summed E-state index contributed by atoms with van der Waals surface area (Å²) in [6.45, 7) is 9.77. The van der Waals surface area contributed by atoms with Gasteiger partial charge in [-0.05, 0) is 26.5 Å². The molecule has 0 aromatic heterocycles. The molecule has 0 heterocycles. The van der Waals surface area contributed by atoms with E-state index in [1.807, 2.05) is 13.8 Å². The maximum absolute atomic E-state index is 11.5. The lowest BCUT2D eigenvalue weighted by Crippen LogP contribution is -2.31. The molecule has 0 rings (SSSR count). The molecule has 1 amide bonds. The van der Waals surface area contributed by atoms with E-state index in [2.05, 4.69) is 13.5 Å². The predicted octanol–water partition coefficient (Wildman–Crippen LogP) is 2.95. The van der Waals surface area contributed by atoms with Gasteiger partial charge in [0, 0.05) is 12.5 Å². The molecule has 0 N–H and O–H groups in total. The van der Waals surface area contributed by atoms with E-state index in [4.69, 9.17) is 0 Å². The van der Waals surface area contributed by atoms with E-state index in [0.29, 0.717) is 6.42 Å². The maximum Gasteiger partial charge on any atom is 0.226 e. The van der Waals surface area contributed by atoms with Crippen molar-refractivity contribution in [3.63, 3.8) is 0 Å². The first-order valence-corrected chi connectivity index (χ1v) is 5.07. The Bertz CT molecular complexity index is 163. The molecule has 0 fully saturated rings. The van der Waals surface area contributed by atoms with Gasteiger partial charge in [-0.15, -0.1) is 0 Å². The summed E-state index contributed by atoms with van der Waals surface area (Å²) in [5.74, 6) is 0.193. The molecular weight excluding hydrogens is 162 g/mol. The molecule has 76 valence electrons. The molecule has 0 aromatic carbocycles. The highest BCUT2D eigenvalue weighted by Crippen LogP contribution is 2.06. The lowest BCUT2D eigenvalue weighted by Gasteiger charge is -2.22. The second-order valence-corrected chi connectivity index (χ2v) is 3.53. The smallest absolute Gasteiger partial charge is 0.226 e. The average Bonchev–Trinajstić information content (AvgIpc) is 2.05. The number of nitrogens with zero attached hydrogens (tertiary/aromatic N) is 1. The van der Waals surface area contributed by atoms with Gasteiger partial charge in [-0.2, -0.15) is 0 Å². The largest absolute Gasteiger partial charge is 0.317 e. The molecule has 0 aliphatic carbocycles. The van der Waals surface area contributed by atoms with Gasteiger partial charge in [0.05, 0.1) is 0 Å². The van der Waals surface area contributed by atoms with E-state index < -0.39 is 0 Å². The highest BCUT2D eigenvalue weighted by atomic mass is 16.2. The summed E-state index contributed by atoms with van der Waals surface area (Å²) in [5.41, 5.74) is 0. The summed E-state index contributed by atoms with van der Waals surface area (Å²) in [6, 6.07) is 0.228. The third kappa shape index (κ3) is 4.71. The molecule has 0 aliphatic heterocycles. The van der Waals surface area contributed by atoms with Crippen LogP contribution in [0.5, 0.6) is 0 Å². The van der Waals surface area contributed by atoms with Gasteiger partial charge in [-0.1, -0.05) is 26.3 Å². The van der Waals surface area contributed by atoms with E-state index in [1.54, 1.807) is 11.1 Å². The highest BCUT2D eigenvalue weighted by Gasteiger charge is 2.12. The molecule has 0 unspecified atom stereocenters. The Morgan fingerprint density at radius 2 is 2.08 bits per heavy atom. The number of hydrogen-bond donors (Lipinski definition) is 0. The van der Waals surface area contributed by atoms with Gasteiger partial charge in [0.1, 0.15) is 0 Å². The van der Waals surface area contributed by atoms with Gasteiger partial charge in [-0.3, -0.25) is 4.79 Å². The molecule has 2 heteroatoms. The third-order valence-corrected chi connectivity index (χ3v) is 2.04. The molecule has 0 aliphatic rings. The van der Waals surface area contributed by atoms with Crippen LogP contribution in [0, 0.1) is 0 Å². The Kier molecular flexibility index (Phi) is 6.29. The molecule has 0 saturated heterocycles. The average molecular weight is 183 g/mol. The predicted molar refractivity (Wildman–Crippen MR) is 56.3 cm³/mol. The van der Waals surface area contributed by atoms with Gasteiger partial charge >= 0.3 is 0 Å². The third-order valence-electron chi connectivity index (χ3n) is 2.04. The lowest BCUT2D eigenvalue weighted by molar-refractivity contribution is -0.130. The summed E-state index contributed by atoms with van der Waals surface area (Å²) in [6.07, 6.45) is 5.56. The SMILES string of the molecule is C=CN(C(=O)CCCCC)C(C)C. The van der Waals surface area contributed by atoms with Crippen molar-refractivity contribution >= 4 is 5.91 Å². The molecule has 0 saturated carbocycles. The zero-order valence-electron chi connectivity index (χ0n) is 9.05. The fourth-order valence-electron chi connectivity index (χ4n) is 1.26. The van der Waals surface area contributed by atoms with Crippen LogP contribution in [0.2, 0.25) is 0 Å². The van der Waals surface area contributed by atoms with Gasteiger partial charge < -0.3 is 4.90 Å². The first kappa shape index (κ1) is 12.2. The molecule has 0 aromatic rings. The van der Waals surface area contributed by atoms with Crippen molar-refractivity contribution in [3.05, 3.63) is 12.8 Å². The van der Waals surface area contributed by atoms with Gasteiger partial charge in [0.2, 0.25) is 5.91 Å². The standard InChI is InChI=1S/C11H21NO/c1-5-7-8-9-11(13)12(6-2)10(3)4/h6,10H,2,5,7-9H2,1,3-4H3. The number of carbonyl (C=O) groups excluding carboxylic acids is 1. The first-order valence-electron chi connectivity index (χ1n) is 5.07. The van der Waals surface area contributed by atoms with Crippen LogP contribution in [0.3, 0.4) is 0 Å². The fourth-order valence-corrected chi connectivity index (χ4v) is 1.26. The molecule has 0 atom stereocenters. The topological polar surface area (TPSA) is 20.3 Å². The zero-order valence-corrected chi connectivity index (χ0v) is 9.05. The monoisotopic (exact) mass is 183 g/mol. The minimum atomic E-state index is 0.193. The summed E-state index contributed by atoms with van der Waals surface area (Å²) < 4.78 is 0. The van der Waals surface area contributed by atoms with E-state index >= 15 is 0 Å². The molecule has 13 heavy (non-hydrogen) atoms. The Labute approximate surface area is 81.6 Å². The van der Waals surface area contributed by atoms with Crippen LogP contribution in [0.1, 0.15) is 46.5 Å². The minimum Gasteiger partial charge on any atom is -0.317 e. The van der Waals surface area contributed by atoms with Crippen LogP contribution in [0.4, 0.5) is 0 Å². The minimum absolute atomic E-state index is 0.193. The molecule has 0 bridgehead atoms. The highest BCUT2D eigenvalue weighted by molar-refractivity contribution is 5.77. The summed E-state index contributed by atoms with van der Waals surface area (Å²) in [7, 11) is 0. The van der Waals surface area contributed by atoms with Crippen molar-refractivity contribution in [1.29, 1.82) is 0 Å². The number of hydrogen-bond acceptors (Lipinski definition) is 1. The van der Waals surface area contributed by atoms with Crippen molar-refractivity contribution in [2.24, 2.45) is 0 Å². The number of unbranched alkanes of at least 4 members (excludes halogenated alkanes) is 2. The Morgan fingerprint density at radius 1 is 1.46 bits per heavy atom. The molecule has 2 nitrogen and oxygen atoms in total. The quantitative estimate of drug-likeness (QED) is 0.580. The van der Waals surface area contributed by atoms with Crippen molar-refractivity contribution in [3.8, 4) is 0 Å². The van der Waals surface area contributed by atoms with Gasteiger partial charge in [-0.25, -0.2) is 0 Å². The summed E-state index contributed by atoms with van der Waals surface area (Å²) >= 11 is 0. The number of rotatable bonds is 6. The summed E-state index contributed by atoms with van der Waals surface area (Å²) in [5, 5.41) is 0. The number of carbonyl (C=O) groups is 1. The summed E-state index contributed by atoms with van der Waals surface area (Å²) in [4.78, 5) is 13.2. The Hall–Kier alpha value is -0.790. The van der Waals surface area contributed by atoms with E-state index in [1.165, 1.54) is 0 Å². The molecule has 0 radical (unpaired) electrons. The second kappa shape index (κ2) is 6.70. The van der Waals surface area contributed by atoms with Crippen molar-refractivity contribution in [2.75, 3.05) is 0 Å². The van der Waals surface area contributed by atoms with E-state index in [0.717, 1.165) is 19.3 Å². The van der Waals surface area contributed by atoms with Crippen LogP contribution in [0.25, 0.3) is 0 Å².